The highest BCUT2D eigenvalue weighted by Gasteiger charge is 2.36. The van der Waals surface area contributed by atoms with E-state index in [4.69, 9.17) is 21.7 Å². The minimum Gasteiger partial charge on any atom is -0.486 e. The van der Waals surface area contributed by atoms with Crippen LogP contribution in [-0.2, 0) is 4.79 Å². The summed E-state index contributed by atoms with van der Waals surface area (Å²) in [6.45, 7) is 2.96. The van der Waals surface area contributed by atoms with Gasteiger partial charge in [0.2, 0.25) is 0 Å². The number of likely N-dealkylation sites (N-methyl/N-ethyl adjacent to an activating group) is 1. The largest absolute Gasteiger partial charge is 0.486 e. The maximum absolute atomic E-state index is 13.2. The molecule has 30 heavy (non-hydrogen) atoms. The molecular formula is C22H22BrN3O3S. The third kappa shape index (κ3) is 3.65. The number of carbonyl (C=O) groups excluding carboxylic acids is 1. The predicted molar refractivity (Wildman–Crippen MR) is 124 cm³/mol. The third-order valence-electron chi connectivity index (χ3n) is 5.12. The van der Waals surface area contributed by atoms with E-state index in [2.05, 4.69) is 21.2 Å². The van der Waals surface area contributed by atoms with Crippen LogP contribution < -0.4 is 19.7 Å². The van der Waals surface area contributed by atoms with Gasteiger partial charge in [-0.3, -0.25) is 9.69 Å². The van der Waals surface area contributed by atoms with E-state index in [1.807, 2.05) is 54.3 Å². The van der Waals surface area contributed by atoms with Crippen LogP contribution in [0.1, 0.15) is 18.5 Å². The van der Waals surface area contributed by atoms with Gasteiger partial charge >= 0.3 is 0 Å². The molecule has 0 unspecified atom stereocenters. The van der Waals surface area contributed by atoms with Crippen LogP contribution in [0.3, 0.4) is 0 Å². The van der Waals surface area contributed by atoms with Crippen molar-refractivity contribution < 1.29 is 14.3 Å². The van der Waals surface area contributed by atoms with E-state index in [1.165, 1.54) is 0 Å². The fourth-order valence-corrected chi connectivity index (χ4v) is 4.56. The number of hydrogen-bond acceptors (Lipinski definition) is 4. The van der Waals surface area contributed by atoms with Crippen LogP contribution in [0.25, 0.3) is 0 Å². The van der Waals surface area contributed by atoms with Gasteiger partial charge in [0.15, 0.2) is 16.6 Å². The monoisotopic (exact) mass is 487 g/mol. The number of allylic oxidation sites excluding steroid dienone is 1. The van der Waals surface area contributed by atoms with Crippen molar-refractivity contribution >= 4 is 44.9 Å². The second kappa shape index (κ2) is 8.28. The second-order valence-corrected chi connectivity index (χ2v) is 8.51. The number of benzene rings is 2. The lowest BCUT2D eigenvalue weighted by molar-refractivity contribution is -0.125. The Bertz CT molecular complexity index is 1050. The molecule has 0 saturated heterocycles. The number of anilines is 1. The molecule has 0 bridgehead atoms. The summed E-state index contributed by atoms with van der Waals surface area (Å²) in [5.74, 6) is 1.30. The summed E-state index contributed by atoms with van der Waals surface area (Å²) in [4.78, 5) is 16.7. The van der Waals surface area contributed by atoms with Crippen molar-refractivity contribution in [1.29, 1.82) is 0 Å². The molecule has 1 atom stereocenters. The standard InChI is InChI=1S/C22H22BrN3O3S/c1-13-19(21(27)25(2)3)20(15-6-4-5-7-16(15)23)24-22(30)26(13)14-8-9-17-18(12-14)29-11-10-28-17/h4-9,12,20H,10-11H2,1-3H3,(H,24,30)/t20-/m0/s1. The number of fused-ring (bicyclic) bond motifs is 1. The van der Waals surface area contributed by atoms with Crippen molar-refractivity contribution in [2.24, 2.45) is 0 Å². The first kappa shape index (κ1) is 20.7. The maximum Gasteiger partial charge on any atom is 0.253 e. The lowest BCUT2D eigenvalue weighted by atomic mass is 9.93. The number of halogens is 1. The Kier molecular flexibility index (Phi) is 5.71. The lowest BCUT2D eigenvalue weighted by Crippen LogP contribution is -2.49. The van der Waals surface area contributed by atoms with E-state index >= 15 is 0 Å². The van der Waals surface area contributed by atoms with Gasteiger partial charge < -0.3 is 19.7 Å². The molecule has 0 fully saturated rings. The fourth-order valence-electron chi connectivity index (χ4n) is 3.69. The summed E-state index contributed by atoms with van der Waals surface area (Å²) >= 11 is 9.35. The van der Waals surface area contributed by atoms with E-state index in [-0.39, 0.29) is 11.9 Å². The minimum absolute atomic E-state index is 0.0780. The Labute approximate surface area is 189 Å². The van der Waals surface area contributed by atoms with E-state index in [9.17, 15) is 4.79 Å². The quantitative estimate of drug-likeness (QED) is 0.659. The van der Waals surface area contributed by atoms with Gasteiger partial charge in [-0.15, -0.1) is 0 Å². The summed E-state index contributed by atoms with van der Waals surface area (Å²) < 4.78 is 12.3. The zero-order valence-electron chi connectivity index (χ0n) is 16.9. The molecule has 0 saturated carbocycles. The van der Waals surface area contributed by atoms with Crippen LogP contribution in [0.4, 0.5) is 5.69 Å². The molecule has 2 aromatic carbocycles. The summed E-state index contributed by atoms with van der Waals surface area (Å²) in [6.07, 6.45) is 0. The molecule has 0 aliphatic carbocycles. The topological polar surface area (TPSA) is 54.0 Å². The molecule has 0 spiro atoms. The van der Waals surface area contributed by atoms with Crippen molar-refractivity contribution in [2.45, 2.75) is 13.0 Å². The summed E-state index contributed by atoms with van der Waals surface area (Å²) in [5, 5.41) is 3.88. The van der Waals surface area contributed by atoms with Gasteiger partial charge in [0.05, 0.1) is 17.3 Å². The number of ether oxygens (including phenoxy) is 2. The Balaban J connectivity index is 1.84. The van der Waals surface area contributed by atoms with Crippen LogP contribution in [0.15, 0.2) is 58.2 Å². The maximum atomic E-state index is 13.2. The first-order valence-corrected chi connectivity index (χ1v) is 10.8. The zero-order valence-corrected chi connectivity index (χ0v) is 19.3. The van der Waals surface area contributed by atoms with Crippen molar-refractivity contribution in [3.05, 3.63) is 63.8 Å². The molecular weight excluding hydrogens is 466 g/mol. The Morgan fingerprint density at radius 3 is 2.57 bits per heavy atom. The molecule has 156 valence electrons. The number of nitrogens with one attached hydrogen (secondary N) is 1. The van der Waals surface area contributed by atoms with Gasteiger partial charge in [-0.05, 0) is 42.9 Å². The number of amides is 1. The van der Waals surface area contributed by atoms with Gasteiger partial charge in [0.25, 0.3) is 5.91 Å². The zero-order chi connectivity index (χ0) is 21.4. The number of rotatable bonds is 3. The third-order valence-corrected chi connectivity index (χ3v) is 6.14. The normalized spacial score (nSPS) is 18.2. The van der Waals surface area contributed by atoms with E-state index in [0.29, 0.717) is 35.4 Å². The second-order valence-electron chi connectivity index (χ2n) is 7.27. The molecule has 1 N–H and O–H groups in total. The molecule has 2 heterocycles. The minimum atomic E-state index is -0.364. The highest BCUT2D eigenvalue weighted by atomic mass is 79.9. The smallest absolute Gasteiger partial charge is 0.253 e. The number of carbonyl (C=O) groups is 1. The van der Waals surface area contributed by atoms with E-state index in [0.717, 1.165) is 21.4 Å². The molecule has 0 aromatic heterocycles. The molecule has 6 nitrogen and oxygen atoms in total. The molecule has 2 aliphatic rings. The highest BCUT2D eigenvalue weighted by molar-refractivity contribution is 9.10. The van der Waals surface area contributed by atoms with E-state index < -0.39 is 0 Å². The summed E-state index contributed by atoms with van der Waals surface area (Å²) in [5.41, 5.74) is 3.17. The summed E-state index contributed by atoms with van der Waals surface area (Å²) in [7, 11) is 3.50. The van der Waals surface area contributed by atoms with Gasteiger partial charge in [0.1, 0.15) is 13.2 Å². The molecule has 2 aliphatic heterocycles. The van der Waals surface area contributed by atoms with Crippen LogP contribution in [0, 0.1) is 0 Å². The molecule has 4 rings (SSSR count). The molecule has 8 heteroatoms. The lowest BCUT2D eigenvalue weighted by Gasteiger charge is -2.39. The first-order valence-electron chi connectivity index (χ1n) is 9.55. The van der Waals surface area contributed by atoms with Crippen molar-refractivity contribution in [2.75, 3.05) is 32.2 Å². The highest BCUT2D eigenvalue weighted by Crippen LogP contribution is 2.40. The molecule has 1 amide bonds. The van der Waals surface area contributed by atoms with E-state index in [1.54, 1.807) is 19.0 Å². The average molecular weight is 488 g/mol. The Morgan fingerprint density at radius 1 is 1.17 bits per heavy atom. The van der Waals surface area contributed by atoms with Gasteiger partial charge in [-0.25, -0.2) is 0 Å². The molecule has 0 radical (unpaired) electrons. The van der Waals surface area contributed by atoms with Gasteiger partial charge in [0, 0.05) is 30.3 Å². The average Bonchev–Trinajstić information content (AvgIpc) is 2.73. The van der Waals surface area contributed by atoms with Crippen LogP contribution >= 0.6 is 28.1 Å². The van der Waals surface area contributed by atoms with Gasteiger partial charge in [-0.2, -0.15) is 0 Å². The number of hydrogen-bond donors (Lipinski definition) is 1. The van der Waals surface area contributed by atoms with Gasteiger partial charge in [-0.1, -0.05) is 34.1 Å². The van der Waals surface area contributed by atoms with Crippen LogP contribution in [-0.4, -0.2) is 43.2 Å². The van der Waals surface area contributed by atoms with Crippen LogP contribution in [0.2, 0.25) is 0 Å². The Hall–Kier alpha value is -2.58. The molecule has 2 aromatic rings. The fraction of sp³-hybridized carbons (Fsp3) is 0.273. The van der Waals surface area contributed by atoms with Crippen molar-refractivity contribution in [3.63, 3.8) is 0 Å². The SMILES string of the molecule is CC1=C(C(=O)N(C)C)[C@H](c2ccccc2Br)NC(=S)N1c1ccc2c(c1)OCCO2. The summed E-state index contributed by atoms with van der Waals surface area (Å²) in [6, 6.07) is 13.2. The van der Waals surface area contributed by atoms with Crippen molar-refractivity contribution in [1.82, 2.24) is 10.2 Å². The predicted octanol–water partition coefficient (Wildman–Crippen LogP) is 4.02. The van der Waals surface area contributed by atoms with Crippen LogP contribution in [0.5, 0.6) is 11.5 Å². The Morgan fingerprint density at radius 2 is 1.87 bits per heavy atom. The number of thiocarbonyl (C=S) groups is 1. The first-order chi connectivity index (χ1) is 14.4. The number of nitrogens with zero attached hydrogens (tertiary/aromatic N) is 2. The van der Waals surface area contributed by atoms with Crippen molar-refractivity contribution in [3.8, 4) is 11.5 Å².